The number of benzene rings is 2. The fourth-order valence-electron chi connectivity index (χ4n) is 2.43. The zero-order valence-corrected chi connectivity index (χ0v) is 13.5. The molecule has 0 saturated heterocycles. The minimum atomic E-state index is -0.300. The molecule has 6 heteroatoms. The van der Waals surface area contributed by atoms with Crippen molar-refractivity contribution in [3.8, 4) is 17.2 Å². The lowest BCUT2D eigenvalue weighted by atomic mass is 10.1. The first kappa shape index (κ1) is 16.1. The summed E-state index contributed by atoms with van der Waals surface area (Å²) in [7, 11) is 1.50. The van der Waals surface area contributed by atoms with E-state index in [0.29, 0.717) is 47.2 Å². The Balaban J connectivity index is 1.76. The van der Waals surface area contributed by atoms with Crippen LogP contribution in [0.3, 0.4) is 0 Å². The molecule has 126 valence electrons. The van der Waals surface area contributed by atoms with E-state index in [9.17, 15) is 9.18 Å². The summed E-state index contributed by atoms with van der Waals surface area (Å²) >= 11 is 0. The number of hydrogen-bond acceptors (Lipinski definition) is 4. The van der Waals surface area contributed by atoms with Crippen LogP contribution in [-0.4, -0.2) is 26.2 Å². The highest BCUT2D eigenvalue weighted by atomic mass is 19.1. The summed E-state index contributed by atoms with van der Waals surface area (Å²) in [6.07, 6.45) is 0. The van der Waals surface area contributed by atoms with Gasteiger partial charge in [-0.3, -0.25) is 4.79 Å². The highest BCUT2D eigenvalue weighted by Crippen LogP contribution is 2.40. The van der Waals surface area contributed by atoms with E-state index in [4.69, 9.17) is 14.2 Å². The van der Waals surface area contributed by atoms with Crippen molar-refractivity contribution in [1.82, 2.24) is 5.32 Å². The average molecular weight is 331 g/mol. The zero-order valence-electron chi connectivity index (χ0n) is 13.5. The maximum atomic E-state index is 13.6. The Hall–Kier alpha value is -2.76. The average Bonchev–Trinajstić information content (AvgIpc) is 2.61. The van der Waals surface area contributed by atoms with Crippen LogP contribution in [0.5, 0.6) is 17.2 Å². The Morgan fingerprint density at radius 1 is 1.25 bits per heavy atom. The number of halogens is 1. The van der Waals surface area contributed by atoms with E-state index in [-0.39, 0.29) is 18.3 Å². The Morgan fingerprint density at radius 2 is 2.04 bits per heavy atom. The summed E-state index contributed by atoms with van der Waals surface area (Å²) in [6, 6.07) is 8.09. The van der Waals surface area contributed by atoms with Gasteiger partial charge in [0.2, 0.25) is 5.75 Å². The lowest BCUT2D eigenvalue weighted by Crippen LogP contribution is -2.24. The molecule has 3 rings (SSSR count). The van der Waals surface area contributed by atoms with Gasteiger partial charge in [-0.2, -0.15) is 0 Å². The summed E-state index contributed by atoms with van der Waals surface area (Å²) in [5, 5.41) is 2.76. The smallest absolute Gasteiger partial charge is 0.251 e. The van der Waals surface area contributed by atoms with Crippen molar-refractivity contribution >= 4 is 5.91 Å². The summed E-state index contributed by atoms with van der Waals surface area (Å²) < 4.78 is 29.8. The van der Waals surface area contributed by atoms with Gasteiger partial charge in [-0.05, 0) is 36.2 Å². The van der Waals surface area contributed by atoms with Crippen LogP contribution in [0.25, 0.3) is 0 Å². The van der Waals surface area contributed by atoms with E-state index in [1.165, 1.54) is 13.2 Å². The molecule has 1 aliphatic rings. The van der Waals surface area contributed by atoms with Crippen molar-refractivity contribution in [2.45, 2.75) is 13.5 Å². The number of carbonyl (C=O) groups is 1. The number of aryl methyl sites for hydroxylation is 1. The van der Waals surface area contributed by atoms with Crippen molar-refractivity contribution in [1.29, 1.82) is 0 Å². The van der Waals surface area contributed by atoms with Crippen LogP contribution < -0.4 is 19.5 Å². The van der Waals surface area contributed by atoms with E-state index < -0.39 is 0 Å². The summed E-state index contributed by atoms with van der Waals surface area (Å²) in [6.45, 7) is 2.78. The molecule has 0 atom stereocenters. The summed E-state index contributed by atoms with van der Waals surface area (Å²) in [4.78, 5) is 12.4. The standard InChI is InChI=1S/C18H18FNO4/c1-11-3-4-12(7-14(11)19)10-20-18(21)13-8-15(22-2)17-16(9-13)23-5-6-24-17/h3-4,7-9H,5-6,10H2,1-2H3,(H,20,21). The van der Waals surface area contributed by atoms with Crippen molar-refractivity contribution in [3.05, 3.63) is 52.8 Å². The van der Waals surface area contributed by atoms with Crippen LogP contribution in [0, 0.1) is 12.7 Å². The molecule has 0 unspecified atom stereocenters. The predicted octanol–water partition coefficient (Wildman–Crippen LogP) is 2.84. The Kier molecular flexibility index (Phi) is 4.55. The third-order valence-corrected chi connectivity index (χ3v) is 3.78. The fraction of sp³-hybridized carbons (Fsp3) is 0.278. The van der Waals surface area contributed by atoms with Crippen LogP contribution in [0.2, 0.25) is 0 Å². The van der Waals surface area contributed by atoms with Crippen molar-refractivity contribution in [2.75, 3.05) is 20.3 Å². The molecular formula is C18H18FNO4. The lowest BCUT2D eigenvalue weighted by molar-refractivity contribution is 0.0949. The van der Waals surface area contributed by atoms with Crippen LogP contribution in [0.4, 0.5) is 4.39 Å². The molecule has 0 saturated carbocycles. The van der Waals surface area contributed by atoms with Crippen molar-refractivity contribution in [2.24, 2.45) is 0 Å². The SMILES string of the molecule is COc1cc(C(=O)NCc2ccc(C)c(F)c2)cc2c1OCCO2. The molecule has 0 bridgehead atoms. The highest BCUT2D eigenvalue weighted by molar-refractivity contribution is 5.95. The summed E-state index contributed by atoms with van der Waals surface area (Å²) in [5.74, 6) is 0.834. The normalized spacial score (nSPS) is 12.6. The maximum Gasteiger partial charge on any atom is 0.251 e. The third kappa shape index (κ3) is 3.27. The Bertz CT molecular complexity index is 759. The molecule has 0 aliphatic carbocycles. The first-order chi connectivity index (χ1) is 11.6. The molecule has 0 spiro atoms. The monoisotopic (exact) mass is 331 g/mol. The van der Waals surface area contributed by atoms with Gasteiger partial charge in [-0.25, -0.2) is 4.39 Å². The molecule has 0 aromatic heterocycles. The largest absolute Gasteiger partial charge is 0.493 e. The number of methoxy groups -OCH3 is 1. The van der Waals surface area contributed by atoms with Crippen LogP contribution in [-0.2, 0) is 6.54 Å². The van der Waals surface area contributed by atoms with Crippen LogP contribution in [0.1, 0.15) is 21.5 Å². The molecule has 24 heavy (non-hydrogen) atoms. The van der Waals surface area contributed by atoms with E-state index in [1.54, 1.807) is 31.2 Å². The van der Waals surface area contributed by atoms with Gasteiger partial charge in [0.15, 0.2) is 11.5 Å². The van der Waals surface area contributed by atoms with Gasteiger partial charge in [0.05, 0.1) is 7.11 Å². The van der Waals surface area contributed by atoms with Crippen LogP contribution >= 0.6 is 0 Å². The van der Waals surface area contributed by atoms with Gasteiger partial charge in [-0.1, -0.05) is 12.1 Å². The molecule has 5 nitrogen and oxygen atoms in total. The zero-order chi connectivity index (χ0) is 17.1. The van der Waals surface area contributed by atoms with Gasteiger partial charge in [0.1, 0.15) is 19.0 Å². The number of rotatable bonds is 4. The number of fused-ring (bicyclic) bond motifs is 1. The topological polar surface area (TPSA) is 56.8 Å². The summed E-state index contributed by atoms with van der Waals surface area (Å²) in [5.41, 5.74) is 1.65. The van der Waals surface area contributed by atoms with Gasteiger partial charge in [-0.15, -0.1) is 0 Å². The number of amides is 1. The van der Waals surface area contributed by atoms with Gasteiger partial charge in [0, 0.05) is 12.1 Å². The second-order valence-electron chi connectivity index (χ2n) is 5.47. The second kappa shape index (κ2) is 6.78. The van der Waals surface area contributed by atoms with E-state index in [0.717, 1.165) is 0 Å². The Labute approximate surface area is 139 Å². The van der Waals surface area contributed by atoms with E-state index >= 15 is 0 Å². The quantitative estimate of drug-likeness (QED) is 0.936. The molecule has 1 aliphatic heterocycles. The molecule has 1 N–H and O–H groups in total. The minimum absolute atomic E-state index is 0.229. The fourth-order valence-corrected chi connectivity index (χ4v) is 2.43. The number of hydrogen-bond donors (Lipinski definition) is 1. The number of ether oxygens (including phenoxy) is 3. The van der Waals surface area contributed by atoms with Gasteiger partial charge >= 0.3 is 0 Å². The van der Waals surface area contributed by atoms with E-state index in [2.05, 4.69) is 5.32 Å². The molecular weight excluding hydrogens is 313 g/mol. The first-order valence-electron chi connectivity index (χ1n) is 7.59. The number of nitrogens with one attached hydrogen (secondary N) is 1. The van der Waals surface area contributed by atoms with Crippen molar-refractivity contribution in [3.63, 3.8) is 0 Å². The minimum Gasteiger partial charge on any atom is -0.493 e. The van der Waals surface area contributed by atoms with Crippen molar-refractivity contribution < 1.29 is 23.4 Å². The maximum absolute atomic E-state index is 13.6. The van der Waals surface area contributed by atoms with Crippen LogP contribution in [0.15, 0.2) is 30.3 Å². The molecule has 2 aromatic rings. The molecule has 0 fully saturated rings. The lowest BCUT2D eigenvalue weighted by Gasteiger charge is -2.21. The predicted molar refractivity (Wildman–Crippen MR) is 86.3 cm³/mol. The molecule has 0 radical (unpaired) electrons. The molecule has 1 heterocycles. The first-order valence-corrected chi connectivity index (χ1v) is 7.59. The van der Waals surface area contributed by atoms with E-state index in [1.807, 2.05) is 0 Å². The highest BCUT2D eigenvalue weighted by Gasteiger charge is 2.20. The molecule has 1 amide bonds. The number of carbonyl (C=O) groups excluding carboxylic acids is 1. The second-order valence-corrected chi connectivity index (χ2v) is 5.47. The molecule has 2 aromatic carbocycles. The van der Waals surface area contributed by atoms with Gasteiger partial charge < -0.3 is 19.5 Å². The third-order valence-electron chi connectivity index (χ3n) is 3.78. The van der Waals surface area contributed by atoms with Gasteiger partial charge in [0.25, 0.3) is 5.91 Å². The Morgan fingerprint density at radius 3 is 2.79 bits per heavy atom.